The van der Waals surface area contributed by atoms with Crippen molar-refractivity contribution >= 4 is 23.5 Å². The van der Waals surface area contributed by atoms with Crippen LogP contribution < -0.4 is 21.1 Å². The van der Waals surface area contributed by atoms with Gasteiger partial charge in [0.15, 0.2) is 11.6 Å². The molecular formula is C27H25N5O3. The Kier molecular flexibility index (Phi) is 7.44. The largest absolute Gasteiger partial charge is 0.424 e. The van der Waals surface area contributed by atoms with Crippen molar-refractivity contribution in [1.82, 2.24) is 10.2 Å². The van der Waals surface area contributed by atoms with E-state index in [1.807, 2.05) is 61.5 Å². The number of carbonyl (C=O) groups is 2. The summed E-state index contributed by atoms with van der Waals surface area (Å²) in [6.45, 7) is 1.98. The SMILES string of the molecule is Cc1ccc(C(N)CC(=O)Oc2ccccc2NC(=O)Nc2ccc(-c3ccccc3)nn2)cc1. The van der Waals surface area contributed by atoms with Gasteiger partial charge in [-0.05, 0) is 36.8 Å². The summed E-state index contributed by atoms with van der Waals surface area (Å²) in [4.78, 5) is 25.0. The number of nitrogens with zero attached hydrogens (tertiary/aromatic N) is 2. The fraction of sp³-hybridized carbons (Fsp3) is 0.111. The van der Waals surface area contributed by atoms with Gasteiger partial charge in [-0.1, -0.05) is 72.3 Å². The lowest BCUT2D eigenvalue weighted by atomic mass is 10.0. The zero-order valence-electron chi connectivity index (χ0n) is 19.1. The molecule has 3 aromatic carbocycles. The van der Waals surface area contributed by atoms with E-state index >= 15 is 0 Å². The van der Waals surface area contributed by atoms with Crippen molar-refractivity contribution in [3.8, 4) is 17.0 Å². The minimum Gasteiger partial charge on any atom is -0.424 e. The summed E-state index contributed by atoms with van der Waals surface area (Å²) in [5, 5.41) is 13.5. The number of hydrogen-bond donors (Lipinski definition) is 3. The average Bonchev–Trinajstić information content (AvgIpc) is 2.86. The molecule has 176 valence electrons. The molecule has 0 saturated carbocycles. The zero-order valence-corrected chi connectivity index (χ0v) is 19.1. The summed E-state index contributed by atoms with van der Waals surface area (Å²) in [6.07, 6.45) is -0.00700. The molecule has 0 spiro atoms. The number of rotatable bonds is 7. The van der Waals surface area contributed by atoms with Crippen LogP contribution in [0.15, 0.2) is 91.0 Å². The van der Waals surface area contributed by atoms with Gasteiger partial charge in [0.25, 0.3) is 0 Å². The number of para-hydroxylation sites is 2. The Morgan fingerprint density at radius 2 is 1.57 bits per heavy atom. The van der Waals surface area contributed by atoms with E-state index in [9.17, 15) is 9.59 Å². The van der Waals surface area contributed by atoms with Gasteiger partial charge in [-0.15, -0.1) is 10.2 Å². The third kappa shape index (κ3) is 6.49. The number of urea groups is 1. The number of aromatic nitrogens is 2. The lowest BCUT2D eigenvalue weighted by Gasteiger charge is -2.14. The molecular weight excluding hydrogens is 442 g/mol. The van der Waals surface area contributed by atoms with Crippen LogP contribution in [0.2, 0.25) is 0 Å². The van der Waals surface area contributed by atoms with Gasteiger partial charge in [-0.25, -0.2) is 4.79 Å². The van der Waals surface area contributed by atoms with Gasteiger partial charge in [0.2, 0.25) is 0 Å². The van der Waals surface area contributed by atoms with Gasteiger partial charge in [0, 0.05) is 11.6 Å². The topological polar surface area (TPSA) is 119 Å². The van der Waals surface area contributed by atoms with E-state index in [1.54, 1.807) is 36.4 Å². The van der Waals surface area contributed by atoms with E-state index in [4.69, 9.17) is 10.5 Å². The lowest BCUT2D eigenvalue weighted by molar-refractivity contribution is -0.134. The van der Waals surface area contributed by atoms with Gasteiger partial charge in [-0.3, -0.25) is 10.1 Å². The molecule has 0 bridgehead atoms. The number of ether oxygens (including phenoxy) is 1. The molecule has 0 fully saturated rings. The molecule has 0 aliphatic heterocycles. The van der Waals surface area contributed by atoms with Gasteiger partial charge in [-0.2, -0.15) is 0 Å². The first-order chi connectivity index (χ1) is 17.0. The Balaban J connectivity index is 1.35. The van der Waals surface area contributed by atoms with E-state index in [0.717, 1.165) is 16.7 Å². The first-order valence-electron chi connectivity index (χ1n) is 11.1. The molecule has 1 unspecified atom stereocenters. The highest BCUT2D eigenvalue weighted by molar-refractivity contribution is 6.00. The molecule has 4 aromatic rings. The highest BCUT2D eigenvalue weighted by Crippen LogP contribution is 2.25. The normalized spacial score (nSPS) is 11.4. The van der Waals surface area contributed by atoms with Crippen LogP contribution in [0.4, 0.5) is 16.3 Å². The van der Waals surface area contributed by atoms with Crippen LogP contribution >= 0.6 is 0 Å². The standard InChI is InChI=1S/C27H25N5O3/c1-18-11-13-19(14-12-18)21(28)17-26(33)35-24-10-6-5-9-23(24)29-27(34)30-25-16-15-22(31-32-25)20-7-3-2-4-8-20/h2-16,21H,17,28H2,1H3,(H2,29,30,32,34). The first-order valence-corrected chi connectivity index (χ1v) is 11.1. The summed E-state index contributed by atoms with van der Waals surface area (Å²) in [5.74, 6) is -0.00917. The third-order valence-electron chi connectivity index (χ3n) is 5.23. The van der Waals surface area contributed by atoms with E-state index in [2.05, 4.69) is 20.8 Å². The molecule has 1 aromatic heterocycles. The van der Waals surface area contributed by atoms with Crippen LogP contribution in [0.5, 0.6) is 5.75 Å². The molecule has 0 aliphatic carbocycles. The second-order valence-corrected chi connectivity index (χ2v) is 7.94. The maximum Gasteiger partial charge on any atom is 0.325 e. The third-order valence-corrected chi connectivity index (χ3v) is 5.23. The van der Waals surface area contributed by atoms with E-state index < -0.39 is 18.0 Å². The van der Waals surface area contributed by atoms with Crippen LogP contribution in [0.25, 0.3) is 11.3 Å². The Labute approximate surface area is 203 Å². The molecule has 4 rings (SSSR count). The number of aryl methyl sites for hydroxylation is 1. The van der Waals surface area contributed by atoms with E-state index in [1.165, 1.54) is 0 Å². The highest BCUT2D eigenvalue weighted by atomic mass is 16.5. The molecule has 35 heavy (non-hydrogen) atoms. The second-order valence-electron chi connectivity index (χ2n) is 7.94. The lowest BCUT2D eigenvalue weighted by Crippen LogP contribution is -2.22. The van der Waals surface area contributed by atoms with Gasteiger partial charge in [0.1, 0.15) is 0 Å². The molecule has 0 saturated heterocycles. The van der Waals surface area contributed by atoms with Gasteiger partial charge in [0.05, 0.1) is 17.8 Å². The average molecular weight is 468 g/mol. The number of amides is 2. The Morgan fingerprint density at radius 3 is 2.29 bits per heavy atom. The quantitative estimate of drug-likeness (QED) is 0.257. The molecule has 2 amide bonds. The fourth-order valence-corrected chi connectivity index (χ4v) is 3.37. The first kappa shape index (κ1) is 23.6. The molecule has 8 nitrogen and oxygen atoms in total. The maximum atomic E-state index is 12.5. The zero-order chi connectivity index (χ0) is 24.6. The number of esters is 1. The maximum absolute atomic E-state index is 12.5. The van der Waals surface area contributed by atoms with Crippen LogP contribution in [0.1, 0.15) is 23.6 Å². The summed E-state index contributed by atoms with van der Waals surface area (Å²) < 4.78 is 5.49. The summed E-state index contributed by atoms with van der Waals surface area (Å²) in [7, 11) is 0. The number of anilines is 2. The summed E-state index contributed by atoms with van der Waals surface area (Å²) in [6, 6.07) is 26.3. The molecule has 0 radical (unpaired) electrons. The van der Waals surface area contributed by atoms with Crippen molar-refractivity contribution in [1.29, 1.82) is 0 Å². The van der Waals surface area contributed by atoms with Crippen molar-refractivity contribution in [3.05, 3.63) is 102 Å². The number of nitrogens with two attached hydrogens (primary N) is 1. The van der Waals surface area contributed by atoms with Crippen molar-refractivity contribution in [2.75, 3.05) is 10.6 Å². The van der Waals surface area contributed by atoms with Crippen molar-refractivity contribution in [2.24, 2.45) is 5.73 Å². The van der Waals surface area contributed by atoms with E-state index in [0.29, 0.717) is 11.4 Å². The van der Waals surface area contributed by atoms with Crippen LogP contribution in [-0.4, -0.2) is 22.2 Å². The van der Waals surface area contributed by atoms with E-state index in [-0.39, 0.29) is 18.0 Å². The van der Waals surface area contributed by atoms with Crippen LogP contribution in [0, 0.1) is 6.92 Å². The monoisotopic (exact) mass is 467 g/mol. The Hall–Kier alpha value is -4.56. The molecule has 8 heteroatoms. The molecule has 0 aliphatic rings. The van der Waals surface area contributed by atoms with Crippen LogP contribution in [-0.2, 0) is 4.79 Å². The molecule has 4 N–H and O–H groups in total. The predicted octanol–water partition coefficient (Wildman–Crippen LogP) is 5.09. The second kappa shape index (κ2) is 11.0. The minimum absolute atomic E-state index is 0.00700. The number of hydrogen-bond acceptors (Lipinski definition) is 6. The summed E-state index contributed by atoms with van der Waals surface area (Å²) >= 11 is 0. The molecule has 1 atom stereocenters. The van der Waals surface area contributed by atoms with Gasteiger partial charge < -0.3 is 15.8 Å². The van der Waals surface area contributed by atoms with Crippen LogP contribution in [0.3, 0.4) is 0 Å². The van der Waals surface area contributed by atoms with Crippen molar-refractivity contribution < 1.29 is 14.3 Å². The Bertz CT molecular complexity index is 1290. The van der Waals surface area contributed by atoms with Gasteiger partial charge >= 0.3 is 12.0 Å². The smallest absolute Gasteiger partial charge is 0.325 e. The fourth-order valence-electron chi connectivity index (χ4n) is 3.37. The number of nitrogens with one attached hydrogen (secondary N) is 2. The highest BCUT2D eigenvalue weighted by Gasteiger charge is 2.16. The predicted molar refractivity (Wildman–Crippen MR) is 135 cm³/mol. The van der Waals surface area contributed by atoms with Crippen molar-refractivity contribution in [2.45, 2.75) is 19.4 Å². The Morgan fingerprint density at radius 1 is 0.857 bits per heavy atom. The number of carbonyl (C=O) groups excluding carboxylic acids is 2. The van der Waals surface area contributed by atoms with Crippen molar-refractivity contribution in [3.63, 3.8) is 0 Å². The minimum atomic E-state index is -0.549. The summed E-state index contributed by atoms with van der Waals surface area (Å²) in [5.41, 5.74) is 10.1. The number of benzene rings is 3. The molecule has 1 heterocycles.